The summed E-state index contributed by atoms with van der Waals surface area (Å²) in [7, 11) is 0. The van der Waals surface area contributed by atoms with Gasteiger partial charge in [0.1, 0.15) is 22.5 Å². The van der Waals surface area contributed by atoms with Crippen molar-refractivity contribution < 1.29 is 23.9 Å². The van der Waals surface area contributed by atoms with E-state index in [-0.39, 0.29) is 27.7 Å². The van der Waals surface area contributed by atoms with E-state index >= 15 is 4.39 Å². The van der Waals surface area contributed by atoms with Crippen LogP contribution in [0.2, 0.25) is 0 Å². The molecule has 3 aromatic rings. The van der Waals surface area contributed by atoms with Crippen molar-refractivity contribution in [2.75, 3.05) is 17.2 Å². The minimum atomic E-state index is -1.33. The lowest BCUT2D eigenvalue weighted by atomic mass is 10.0. The van der Waals surface area contributed by atoms with Crippen LogP contribution in [-0.2, 0) is 4.79 Å². The number of benzene rings is 2. The molecule has 3 rings (SSSR count). The molecule has 0 aliphatic carbocycles. The predicted octanol–water partition coefficient (Wildman–Crippen LogP) is 3.22. The highest BCUT2D eigenvalue weighted by molar-refractivity contribution is 7.09. The molecule has 1 atom stereocenters. The fourth-order valence-corrected chi connectivity index (χ4v) is 4.15. The van der Waals surface area contributed by atoms with Gasteiger partial charge in [-0.2, -0.15) is 4.37 Å². The fourth-order valence-electron chi connectivity index (χ4n) is 3.41. The zero-order valence-corrected chi connectivity index (χ0v) is 20.0. The van der Waals surface area contributed by atoms with Crippen LogP contribution in [0, 0.1) is 11.7 Å². The largest absolute Gasteiger partial charge is 0.508 e. The number of nitrogens with one attached hydrogen (secondary N) is 1. The van der Waals surface area contributed by atoms with Crippen LogP contribution in [0.4, 0.5) is 15.8 Å². The number of primary amides is 1. The fraction of sp³-hybridized carbons (Fsp3) is 0.250. The standard InChI is InChI=1S/C24H26FN5O4S/c1-13(2)11-12-28-23(33)20(14-7-9-15(31)10-8-14)30(17-6-4-3-5-16(17)25)24(34)21-18(26)19(22(27)32)29-35-21/h3-10,13,20,31H,11-12,26H2,1-2H3,(H2,27,32)(H,28,33)/t20-/m1/s1. The number of nitrogen functional groups attached to an aromatic ring is 1. The number of hydrogen-bond donors (Lipinski definition) is 4. The Morgan fingerprint density at radius 1 is 1.14 bits per heavy atom. The Morgan fingerprint density at radius 2 is 1.80 bits per heavy atom. The number of phenols is 1. The second-order valence-corrected chi connectivity index (χ2v) is 9.01. The van der Waals surface area contributed by atoms with Gasteiger partial charge >= 0.3 is 0 Å². The van der Waals surface area contributed by atoms with E-state index in [1.165, 1.54) is 42.5 Å². The van der Waals surface area contributed by atoms with Crippen molar-refractivity contribution in [1.82, 2.24) is 9.69 Å². The molecule has 184 valence electrons. The van der Waals surface area contributed by atoms with Gasteiger partial charge in [-0.05, 0) is 53.7 Å². The lowest BCUT2D eigenvalue weighted by Gasteiger charge is -2.31. The monoisotopic (exact) mass is 499 g/mol. The molecule has 3 amide bonds. The average Bonchev–Trinajstić information content (AvgIpc) is 3.20. The van der Waals surface area contributed by atoms with E-state index < -0.39 is 29.6 Å². The molecule has 0 saturated heterocycles. The molecule has 1 aromatic heterocycles. The lowest BCUT2D eigenvalue weighted by molar-refractivity contribution is -0.122. The topological polar surface area (TPSA) is 152 Å². The predicted molar refractivity (Wildman–Crippen MR) is 132 cm³/mol. The molecule has 0 fully saturated rings. The summed E-state index contributed by atoms with van der Waals surface area (Å²) in [6.45, 7) is 4.34. The van der Waals surface area contributed by atoms with Crippen molar-refractivity contribution in [1.29, 1.82) is 0 Å². The van der Waals surface area contributed by atoms with Crippen LogP contribution < -0.4 is 21.7 Å². The summed E-state index contributed by atoms with van der Waals surface area (Å²) in [5.74, 6) is -2.80. The van der Waals surface area contributed by atoms with Crippen molar-refractivity contribution in [3.8, 4) is 5.75 Å². The number of nitrogens with zero attached hydrogens (tertiary/aromatic N) is 2. The van der Waals surface area contributed by atoms with Crippen molar-refractivity contribution in [3.05, 3.63) is 70.5 Å². The van der Waals surface area contributed by atoms with Crippen molar-refractivity contribution in [2.45, 2.75) is 26.3 Å². The molecular formula is C24H26FN5O4S. The number of carbonyl (C=O) groups is 3. The smallest absolute Gasteiger partial charge is 0.273 e. The Bertz CT molecular complexity index is 1230. The number of phenolic OH excluding ortho intramolecular Hbond substituents is 1. The number of amides is 3. The van der Waals surface area contributed by atoms with Gasteiger partial charge in [0, 0.05) is 6.54 Å². The third-order valence-electron chi connectivity index (χ3n) is 5.22. The minimum absolute atomic E-state index is 0.0470. The summed E-state index contributed by atoms with van der Waals surface area (Å²) in [6.07, 6.45) is 0.686. The molecule has 35 heavy (non-hydrogen) atoms. The van der Waals surface area contributed by atoms with Crippen LogP contribution in [0.5, 0.6) is 5.75 Å². The number of aromatic hydroxyl groups is 1. The maximum atomic E-state index is 15.0. The van der Waals surface area contributed by atoms with E-state index in [1.807, 2.05) is 13.8 Å². The van der Waals surface area contributed by atoms with Crippen LogP contribution in [0.3, 0.4) is 0 Å². The first kappa shape index (κ1) is 25.6. The molecule has 0 aliphatic heterocycles. The number of rotatable bonds is 9. The maximum Gasteiger partial charge on any atom is 0.273 e. The first-order chi connectivity index (χ1) is 16.6. The molecule has 0 aliphatic rings. The summed E-state index contributed by atoms with van der Waals surface area (Å²) in [4.78, 5) is 39.7. The molecule has 11 heteroatoms. The van der Waals surface area contributed by atoms with Gasteiger partial charge in [0.15, 0.2) is 5.69 Å². The summed E-state index contributed by atoms with van der Waals surface area (Å²) in [6, 6.07) is 9.81. The van der Waals surface area contributed by atoms with E-state index in [1.54, 1.807) is 0 Å². The van der Waals surface area contributed by atoms with Gasteiger partial charge in [-0.3, -0.25) is 19.3 Å². The van der Waals surface area contributed by atoms with Crippen LogP contribution in [0.1, 0.15) is 52.0 Å². The van der Waals surface area contributed by atoms with Gasteiger partial charge < -0.3 is 21.9 Å². The molecule has 0 bridgehead atoms. The molecule has 0 unspecified atom stereocenters. The Labute approximate surface area is 205 Å². The molecule has 0 saturated carbocycles. The second kappa shape index (κ2) is 11.0. The number of aromatic nitrogens is 1. The average molecular weight is 500 g/mol. The van der Waals surface area contributed by atoms with Crippen LogP contribution >= 0.6 is 11.5 Å². The lowest BCUT2D eigenvalue weighted by Crippen LogP contribution is -2.44. The van der Waals surface area contributed by atoms with E-state index in [0.29, 0.717) is 36.0 Å². The quantitative estimate of drug-likeness (QED) is 0.355. The molecule has 0 radical (unpaired) electrons. The summed E-state index contributed by atoms with van der Waals surface area (Å²) >= 11 is 0.629. The summed E-state index contributed by atoms with van der Waals surface area (Å²) in [5, 5.41) is 12.6. The third kappa shape index (κ3) is 5.75. The highest BCUT2D eigenvalue weighted by Gasteiger charge is 2.37. The Hall–Kier alpha value is -3.99. The first-order valence-corrected chi connectivity index (χ1v) is 11.6. The van der Waals surface area contributed by atoms with Crippen LogP contribution in [0.25, 0.3) is 0 Å². The Balaban J connectivity index is 2.17. The molecule has 6 N–H and O–H groups in total. The van der Waals surface area contributed by atoms with Gasteiger partial charge in [-0.15, -0.1) is 0 Å². The molecule has 2 aromatic carbocycles. The summed E-state index contributed by atoms with van der Waals surface area (Å²) < 4.78 is 18.9. The van der Waals surface area contributed by atoms with E-state index in [4.69, 9.17) is 11.5 Å². The van der Waals surface area contributed by atoms with Crippen molar-refractivity contribution in [3.63, 3.8) is 0 Å². The van der Waals surface area contributed by atoms with E-state index in [9.17, 15) is 19.5 Å². The number of para-hydroxylation sites is 1. The van der Waals surface area contributed by atoms with Crippen LogP contribution in [0.15, 0.2) is 48.5 Å². The highest BCUT2D eigenvalue weighted by Crippen LogP contribution is 2.34. The number of carbonyl (C=O) groups excluding carboxylic acids is 3. The Kier molecular flexibility index (Phi) is 8.02. The van der Waals surface area contributed by atoms with Gasteiger partial charge in [-0.25, -0.2) is 4.39 Å². The first-order valence-electron chi connectivity index (χ1n) is 10.8. The van der Waals surface area contributed by atoms with Crippen molar-refractivity contribution >= 4 is 40.6 Å². The molecule has 0 spiro atoms. The zero-order valence-electron chi connectivity index (χ0n) is 19.2. The number of anilines is 2. The van der Waals surface area contributed by atoms with Gasteiger partial charge in [0.25, 0.3) is 11.8 Å². The third-order valence-corrected chi connectivity index (χ3v) is 6.07. The number of nitrogens with two attached hydrogens (primary N) is 2. The van der Waals surface area contributed by atoms with Gasteiger partial charge in [-0.1, -0.05) is 38.1 Å². The van der Waals surface area contributed by atoms with Gasteiger partial charge in [0.2, 0.25) is 5.91 Å². The van der Waals surface area contributed by atoms with Crippen LogP contribution in [-0.4, -0.2) is 33.7 Å². The van der Waals surface area contributed by atoms with E-state index in [0.717, 1.165) is 11.0 Å². The normalized spacial score (nSPS) is 11.8. The molecular weight excluding hydrogens is 473 g/mol. The highest BCUT2D eigenvalue weighted by atomic mass is 32.1. The molecule has 9 nitrogen and oxygen atoms in total. The Morgan fingerprint density at radius 3 is 2.37 bits per heavy atom. The number of halogens is 1. The van der Waals surface area contributed by atoms with Gasteiger partial charge in [0.05, 0.1) is 11.4 Å². The number of hydrogen-bond acceptors (Lipinski definition) is 7. The minimum Gasteiger partial charge on any atom is -0.508 e. The molecule has 1 heterocycles. The zero-order chi connectivity index (χ0) is 25.7. The van der Waals surface area contributed by atoms with Crippen molar-refractivity contribution in [2.24, 2.45) is 11.7 Å². The second-order valence-electron chi connectivity index (χ2n) is 8.23. The SMILES string of the molecule is CC(C)CCNC(=O)[C@@H](c1ccc(O)cc1)N(C(=O)c1snc(C(N)=O)c1N)c1ccccc1F. The maximum absolute atomic E-state index is 15.0. The van der Waals surface area contributed by atoms with E-state index in [2.05, 4.69) is 9.69 Å². The summed E-state index contributed by atoms with van der Waals surface area (Å²) in [5.41, 5.74) is 10.9.